The Morgan fingerprint density at radius 3 is 1.33 bits per heavy atom. The van der Waals surface area contributed by atoms with E-state index < -0.39 is 0 Å². The molecule has 0 aliphatic carbocycles. The maximum Gasteiger partial charge on any atom is 0 e. The first-order valence-corrected chi connectivity index (χ1v) is 2.41. The summed E-state index contributed by atoms with van der Waals surface area (Å²) >= 11 is 0. The van der Waals surface area contributed by atoms with Gasteiger partial charge in [-0.15, -0.1) is 0 Å². The van der Waals surface area contributed by atoms with Gasteiger partial charge in [0.05, 0.1) is 0 Å². The first kappa shape index (κ1) is 10.2. The van der Waals surface area contributed by atoms with Crippen molar-refractivity contribution >= 4 is 0 Å². The van der Waals surface area contributed by atoms with Gasteiger partial charge in [-0.2, -0.15) is 0 Å². The van der Waals surface area contributed by atoms with Crippen molar-refractivity contribution in [2.75, 3.05) is 0 Å². The van der Waals surface area contributed by atoms with Gasteiger partial charge in [-0.25, -0.2) is 0 Å². The van der Waals surface area contributed by atoms with E-state index >= 15 is 0 Å². The standard InChI is InChI=1S/C5H12.Y/c1-3-5-4-2;/h3-5H2,1-2H3;. The second-order valence-corrected chi connectivity index (χ2v) is 1.35. The number of hydrogen-bond donors (Lipinski definition) is 0. The van der Waals surface area contributed by atoms with E-state index in [1.165, 1.54) is 19.3 Å². The van der Waals surface area contributed by atoms with Crippen LogP contribution in [0.2, 0.25) is 0 Å². The summed E-state index contributed by atoms with van der Waals surface area (Å²) in [6.07, 6.45) is 4.08. The Balaban J connectivity index is 0. The van der Waals surface area contributed by atoms with E-state index in [2.05, 4.69) is 13.8 Å². The molecule has 0 nitrogen and oxygen atoms in total. The Kier molecular flexibility index (Phi) is 16.0. The zero-order chi connectivity index (χ0) is 4.12. The summed E-state index contributed by atoms with van der Waals surface area (Å²) in [5.74, 6) is 0. The minimum absolute atomic E-state index is 0. The van der Waals surface area contributed by atoms with Crippen molar-refractivity contribution in [3.8, 4) is 0 Å². The third-order valence-electron chi connectivity index (χ3n) is 0.707. The van der Waals surface area contributed by atoms with E-state index in [1.807, 2.05) is 0 Å². The van der Waals surface area contributed by atoms with Crippen molar-refractivity contribution in [3.63, 3.8) is 0 Å². The molecule has 0 aromatic rings. The Labute approximate surface area is 65.6 Å². The Morgan fingerprint density at radius 2 is 1.33 bits per heavy atom. The summed E-state index contributed by atoms with van der Waals surface area (Å²) < 4.78 is 0. The van der Waals surface area contributed by atoms with Crippen LogP contribution in [0.1, 0.15) is 33.1 Å². The van der Waals surface area contributed by atoms with Gasteiger partial charge < -0.3 is 0 Å². The fraction of sp³-hybridized carbons (Fsp3) is 1.00. The normalized spacial score (nSPS) is 7.00. The Hall–Kier alpha value is 1.10. The summed E-state index contributed by atoms with van der Waals surface area (Å²) in [6.45, 7) is 4.42. The first-order valence-electron chi connectivity index (χ1n) is 2.41. The fourth-order valence-corrected chi connectivity index (χ4v) is 0.354. The van der Waals surface area contributed by atoms with Crippen molar-refractivity contribution in [1.82, 2.24) is 0 Å². The number of hydrogen-bond acceptors (Lipinski definition) is 0. The van der Waals surface area contributed by atoms with Gasteiger partial charge in [-0.1, -0.05) is 33.1 Å². The second-order valence-electron chi connectivity index (χ2n) is 1.35. The molecule has 0 amide bonds. The third kappa shape index (κ3) is 8.92. The van der Waals surface area contributed by atoms with Gasteiger partial charge in [-0.3, -0.25) is 0 Å². The molecule has 0 N–H and O–H groups in total. The van der Waals surface area contributed by atoms with E-state index in [0.29, 0.717) is 0 Å². The van der Waals surface area contributed by atoms with Gasteiger partial charge in [0, 0.05) is 32.7 Å². The maximum absolute atomic E-state index is 2.21. The SMILES string of the molecule is CCCCC.[Y]. The monoisotopic (exact) mass is 161 g/mol. The predicted octanol–water partition coefficient (Wildman–Crippen LogP) is 2.19. The van der Waals surface area contributed by atoms with Crippen molar-refractivity contribution in [2.24, 2.45) is 0 Å². The molecule has 0 unspecified atom stereocenters. The van der Waals surface area contributed by atoms with Gasteiger partial charge in [0.1, 0.15) is 0 Å². The molecule has 0 saturated carbocycles. The molecular formula is C5H12Y. The summed E-state index contributed by atoms with van der Waals surface area (Å²) in [6, 6.07) is 0. The van der Waals surface area contributed by atoms with Gasteiger partial charge in [-0.05, 0) is 0 Å². The van der Waals surface area contributed by atoms with E-state index in [4.69, 9.17) is 0 Å². The van der Waals surface area contributed by atoms with Crippen molar-refractivity contribution in [1.29, 1.82) is 0 Å². The molecule has 6 heavy (non-hydrogen) atoms. The smallest absolute Gasteiger partial charge is 0 e. The van der Waals surface area contributed by atoms with Crippen molar-refractivity contribution < 1.29 is 32.7 Å². The zero-order valence-electron chi connectivity index (χ0n) is 4.70. The predicted molar refractivity (Wildman–Crippen MR) is 25.2 cm³/mol. The topological polar surface area (TPSA) is 0 Å². The number of rotatable bonds is 2. The van der Waals surface area contributed by atoms with Crippen LogP contribution in [0.3, 0.4) is 0 Å². The zero-order valence-corrected chi connectivity index (χ0v) is 7.54. The van der Waals surface area contributed by atoms with Gasteiger partial charge in [0.2, 0.25) is 0 Å². The molecule has 0 fully saturated rings. The largest absolute Gasteiger partial charge is 0.0654 e. The van der Waals surface area contributed by atoms with Crippen LogP contribution in [0.4, 0.5) is 0 Å². The molecule has 0 aliphatic rings. The van der Waals surface area contributed by atoms with E-state index in [9.17, 15) is 0 Å². The fourth-order valence-electron chi connectivity index (χ4n) is 0.354. The molecule has 1 radical (unpaired) electrons. The molecule has 0 spiro atoms. The Morgan fingerprint density at radius 1 is 1.00 bits per heavy atom. The molecule has 0 bridgehead atoms. The number of unbranched alkanes of at least 4 members (excludes halogenated alkanes) is 2. The second kappa shape index (κ2) is 9.44. The van der Waals surface area contributed by atoms with Crippen LogP contribution in [-0.2, 0) is 32.7 Å². The quantitative estimate of drug-likeness (QED) is 0.582. The first-order chi connectivity index (χ1) is 2.41. The molecule has 0 atom stereocenters. The molecule has 1 heteroatoms. The Bertz CT molecular complexity index is 11.4. The molecular weight excluding hydrogens is 149 g/mol. The maximum atomic E-state index is 2.21. The minimum atomic E-state index is 0. The summed E-state index contributed by atoms with van der Waals surface area (Å²) in [5, 5.41) is 0. The molecule has 0 aromatic heterocycles. The van der Waals surface area contributed by atoms with Crippen molar-refractivity contribution in [2.45, 2.75) is 33.1 Å². The van der Waals surface area contributed by atoms with Crippen LogP contribution in [0.25, 0.3) is 0 Å². The van der Waals surface area contributed by atoms with Crippen LogP contribution in [0.5, 0.6) is 0 Å². The van der Waals surface area contributed by atoms with Crippen LogP contribution < -0.4 is 0 Å². The molecule has 35 valence electrons. The third-order valence-corrected chi connectivity index (χ3v) is 0.707. The summed E-state index contributed by atoms with van der Waals surface area (Å²) in [5.41, 5.74) is 0. The van der Waals surface area contributed by atoms with Gasteiger partial charge >= 0.3 is 0 Å². The average Bonchev–Trinajstić information content (AvgIpc) is 1.41. The van der Waals surface area contributed by atoms with Crippen LogP contribution in [0.15, 0.2) is 0 Å². The van der Waals surface area contributed by atoms with Gasteiger partial charge in [0.25, 0.3) is 0 Å². The van der Waals surface area contributed by atoms with Crippen LogP contribution in [-0.4, -0.2) is 0 Å². The molecule has 0 heterocycles. The summed E-state index contributed by atoms with van der Waals surface area (Å²) in [4.78, 5) is 0. The van der Waals surface area contributed by atoms with Crippen molar-refractivity contribution in [3.05, 3.63) is 0 Å². The minimum Gasteiger partial charge on any atom is -0.0654 e. The van der Waals surface area contributed by atoms with Gasteiger partial charge in [0.15, 0.2) is 0 Å². The van der Waals surface area contributed by atoms with E-state index in [1.54, 1.807) is 0 Å². The summed E-state index contributed by atoms with van der Waals surface area (Å²) in [7, 11) is 0. The van der Waals surface area contributed by atoms with Crippen LogP contribution in [0, 0.1) is 0 Å². The molecule has 0 saturated heterocycles. The van der Waals surface area contributed by atoms with E-state index in [0.717, 1.165) is 0 Å². The van der Waals surface area contributed by atoms with Crippen LogP contribution >= 0.6 is 0 Å². The van der Waals surface area contributed by atoms with E-state index in [-0.39, 0.29) is 32.7 Å². The molecule has 0 aliphatic heterocycles. The average molecular weight is 161 g/mol. The molecule has 0 aromatic carbocycles. The molecule has 0 rings (SSSR count).